The molecule has 0 radical (unpaired) electrons. The van der Waals surface area contributed by atoms with E-state index in [-0.39, 0.29) is 52.6 Å². The summed E-state index contributed by atoms with van der Waals surface area (Å²) in [5, 5.41) is 22.0. The van der Waals surface area contributed by atoms with Crippen molar-refractivity contribution in [2.45, 2.75) is 26.0 Å². The van der Waals surface area contributed by atoms with Crippen LogP contribution in [0.5, 0.6) is 0 Å². The monoisotopic (exact) mass is 460 g/mol. The summed E-state index contributed by atoms with van der Waals surface area (Å²) in [7, 11) is 0. The molecular formula is C21H17N4NaO5S. The second-order valence-electron chi connectivity index (χ2n) is 7.78. The summed E-state index contributed by atoms with van der Waals surface area (Å²) < 4.78 is 1.67. The molecule has 0 spiro atoms. The Hall–Kier alpha value is -2.37. The van der Waals surface area contributed by atoms with Crippen molar-refractivity contribution in [2.24, 2.45) is 11.8 Å². The van der Waals surface area contributed by atoms with Crippen LogP contribution < -0.4 is 34.7 Å². The minimum Gasteiger partial charge on any atom is -0.543 e. The molecule has 5 heterocycles. The zero-order valence-electron chi connectivity index (χ0n) is 17.6. The van der Waals surface area contributed by atoms with E-state index in [9.17, 15) is 24.6 Å². The Balaban J connectivity index is 0.00000245. The van der Waals surface area contributed by atoms with Crippen LogP contribution in [0.25, 0.3) is 10.4 Å². The zero-order valence-corrected chi connectivity index (χ0v) is 20.4. The number of carbonyl (C=O) groups is 3. The molecule has 0 aromatic carbocycles. The summed E-state index contributed by atoms with van der Waals surface area (Å²) in [6.45, 7) is 3.36. The first-order chi connectivity index (χ1) is 14.8. The van der Waals surface area contributed by atoms with E-state index in [4.69, 9.17) is 0 Å². The number of rotatable bonds is 5. The minimum atomic E-state index is -1.44. The Kier molecular flexibility index (Phi) is 5.84. The quantitative estimate of drug-likeness (QED) is 0.250. The number of nitrogens with zero attached hydrogens (tertiary/aromatic N) is 4. The fourth-order valence-electron chi connectivity index (χ4n) is 4.60. The smallest absolute Gasteiger partial charge is 0.543 e. The van der Waals surface area contributed by atoms with Crippen molar-refractivity contribution in [3.05, 3.63) is 58.9 Å². The average molecular weight is 460 g/mol. The standard InChI is InChI=1S/C21H18N4O5S.Na/c1-9-13(17(21(29)30)25-16(9)14(10(2)26)19(25)28)12-7-24-8-23-15(20(24)31-12)18(27)11-4-3-5-22-6-11;/h3-10,14,16,26H,1-2H3,(H,29,30);/q;+1/p-1/t9-,10+,14+,16+;/m0./s1. The van der Waals surface area contributed by atoms with Crippen LogP contribution in [0.3, 0.4) is 0 Å². The number of carboxylic acids is 1. The van der Waals surface area contributed by atoms with Gasteiger partial charge in [0.15, 0.2) is 0 Å². The molecule has 1 fully saturated rings. The number of aliphatic hydroxyl groups is 1. The van der Waals surface area contributed by atoms with Crippen molar-refractivity contribution in [3.8, 4) is 0 Å². The van der Waals surface area contributed by atoms with Crippen LogP contribution >= 0.6 is 11.3 Å². The number of hydrogen-bond acceptors (Lipinski definition) is 8. The average Bonchev–Trinajstić information content (AvgIpc) is 3.37. The maximum atomic E-state index is 12.9. The number of thiazole rings is 1. The number of aliphatic carboxylic acids is 1. The number of ketones is 1. The van der Waals surface area contributed by atoms with E-state index < -0.39 is 29.9 Å². The number of amides is 1. The molecule has 3 aromatic rings. The van der Waals surface area contributed by atoms with E-state index in [0.29, 0.717) is 20.8 Å². The van der Waals surface area contributed by atoms with Gasteiger partial charge in [0, 0.05) is 35.6 Å². The molecule has 2 aliphatic heterocycles. The molecular weight excluding hydrogens is 443 g/mol. The summed E-state index contributed by atoms with van der Waals surface area (Å²) in [5.41, 5.74) is 0.940. The topological polar surface area (TPSA) is 128 Å². The summed E-state index contributed by atoms with van der Waals surface area (Å²) >= 11 is 1.23. The molecule has 2 aliphatic rings. The summed E-state index contributed by atoms with van der Waals surface area (Å²) in [5.74, 6) is -3.12. The predicted molar refractivity (Wildman–Crippen MR) is 108 cm³/mol. The molecule has 1 amide bonds. The molecule has 158 valence electrons. The summed E-state index contributed by atoms with van der Waals surface area (Å²) in [6.07, 6.45) is 5.35. The van der Waals surface area contributed by atoms with E-state index in [1.54, 1.807) is 28.9 Å². The third-order valence-electron chi connectivity index (χ3n) is 5.98. The van der Waals surface area contributed by atoms with Gasteiger partial charge >= 0.3 is 29.6 Å². The van der Waals surface area contributed by atoms with Crippen LogP contribution in [0, 0.1) is 11.8 Å². The van der Waals surface area contributed by atoms with Gasteiger partial charge in [0.1, 0.15) is 16.9 Å². The number of fused-ring (bicyclic) bond motifs is 2. The third kappa shape index (κ3) is 3.17. The van der Waals surface area contributed by atoms with Crippen molar-refractivity contribution >= 4 is 39.4 Å². The van der Waals surface area contributed by atoms with Gasteiger partial charge in [0.05, 0.1) is 34.6 Å². The van der Waals surface area contributed by atoms with Crippen LogP contribution in [0.4, 0.5) is 0 Å². The SMILES string of the molecule is C[C@@H](O)[C@H]1C(=O)N2C(C(=O)[O-])=C(c3cn4cnc(C(=O)c5cccnc5)c4s3)[C@H](C)[C@H]12.[Na+]. The number of aromatic nitrogens is 3. The van der Waals surface area contributed by atoms with Crippen molar-refractivity contribution in [3.63, 3.8) is 0 Å². The molecule has 9 nitrogen and oxygen atoms in total. The predicted octanol–water partition coefficient (Wildman–Crippen LogP) is -2.66. The van der Waals surface area contributed by atoms with Gasteiger partial charge in [-0.15, -0.1) is 11.3 Å². The molecule has 0 aliphatic carbocycles. The molecule has 32 heavy (non-hydrogen) atoms. The number of hydrogen-bond donors (Lipinski definition) is 1. The van der Waals surface area contributed by atoms with Crippen molar-refractivity contribution in [2.75, 3.05) is 0 Å². The molecule has 0 bridgehead atoms. The van der Waals surface area contributed by atoms with Gasteiger partial charge in [-0.25, -0.2) is 4.98 Å². The fraction of sp³-hybridized carbons (Fsp3) is 0.286. The van der Waals surface area contributed by atoms with Crippen LogP contribution in [-0.4, -0.2) is 54.2 Å². The second kappa shape index (κ2) is 8.20. The van der Waals surface area contributed by atoms with Crippen LogP contribution in [-0.2, 0) is 9.59 Å². The molecule has 5 rings (SSSR count). The number of carboxylic acid groups (broad SMARTS) is 1. The van der Waals surface area contributed by atoms with Gasteiger partial charge in [0.25, 0.3) is 0 Å². The van der Waals surface area contributed by atoms with E-state index in [2.05, 4.69) is 9.97 Å². The van der Waals surface area contributed by atoms with Crippen LogP contribution in [0.15, 0.2) is 42.7 Å². The van der Waals surface area contributed by atoms with E-state index in [1.165, 1.54) is 35.7 Å². The van der Waals surface area contributed by atoms with Crippen LogP contribution in [0.2, 0.25) is 0 Å². The van der Waals surface area contributed by atoms with Crippen molar-refractivity contribution in [1.82, 2.24) is 19.3 Å². The molecule has 0 unspecified atom stereocenters. The van der Waals surface area contributed by atoms with Crippen molar-refractivity contribution < 1.29 is 54.2 Å². The van der Waals surface area contributed by atoms with Gasteiger partial charge in [-0.2, -0.15) is 0 Å². The fourth-order valence-corrected chi connectivity index (χ4v) is 5.81. The van der Waals surface area contributed by atoms with Crippen LogP contribution in [0.1, 0.15) is 34.8 Å². The van der Waals surface area contributed by atoms with Gasteiger partial charge in [-0.3, -0.25) is 19.0 Å². The van der Waals surface area contributed by atoms with E-state index in [1.807, 2.05) is 6.92 Å². The summed E-state index contributed by atoms with van der Waals surface area (Å²) in [6, 6.07) is 2.88. The second-order valence-corrected chi connectivity index (χ2v) is 8.81. The molecule has 11 heteroatoms. The summed E-state index contributed by atoms with van der Waals surface area (Å²) in [4.78, 5) is 47.9. The number of imidazole rings is 1. The van der Waals surface area contributed by atoms with Crippen molar-refractivity contribution in [1.29, 1.82) is 0 Å². The van der Waals surface area contributed by atoms with Gasteiger partial charge in [-0.05, 0) is 19.1 Å². The molecule has 3 aromatic heterocycles. The third-order valence-corrected chi connectivity index (χ3v) is 7.12. The molecule has 4 atom stereocenters. The zero-order chi connectivity index (χ0) is 22.0. The Morgan fingerprint density at radius 2 is 2.09 bits per heavy atom. The Morgan fingerprint density at radius 3 is 2.72 bits per heavy atom. The Bertz CT molecular complexity index is 1280. The molecule has 0 saturated carbocycles. The first kappa shape index (κ1) is 22.8. The maximum absolute atomic E-state index is 12.9. The van der Waals surface area contributed by atoms with Gasteiger partial charge in [-0.1, -0.05) is 6.92 Å². The normalized spacial score (nSPS) is 23.0. The van der Waals surface area contributed by atoms with E-state index >= 15 is 0 Å². The number of carbonyl (C=O) groups excluding carboxylic acids is 3. The van der Waals surface area contributed by atoms with Gasteiger partial charge < -0.3 is 19.9 Å². The largest absolute Gasteiger partial charge is 1.00 e. The Morgan fingerprint density at radius 1 is 1.34 bits per heavy atom. The molecule has 1 N–H and O–H groups in total. The van der Waals surface area contributed by atoms with Gasteiger partial charge in [0.2, 0.25) is 11.7 Å². The molecule has 1 saturated heterocycles. The number of pyridine rings is 1. The first-order valence-corrected chi connectivity index (χ1v) is 10.5. The first-order valence-electron chi connectivity index (χ1n) is 9.69. The number of aliphatic hydroxyl groups excluding tert-OH is 1. The maximum Gasteiger partial charge on any atom is 1.00 e. The minimum absolute atomic E-state index is 0. The number of β-lactam (4-membered cyclic amide) rings is 1. The Labute approximate surface area is 208 Å². The van der Waals surface area contributed by atoms with E-state index in [0.717, 1.165) is 0 Å².